The van der Waals surface area contributed by atoms with E-state index in [9.17, 15) is 9.18 Å². The van der Waals surface area contributed by atoms with Gasteiger partial charge < -0.3 is 19.3 Å². The van der Waals surface area contributed by atoms with E-state index in [4.69, 9.17) is 19.3 Å². The molecular weight excluding hydrogens is 267 g/mol. The number of rotatable bonds is 9. The van der Waals surface area contributed by atoms with Gasteiger partial charge in [0.1, 0.15) is 6.61 Å². The van der Waals surface area contributed by atoms with Gasteiger partial charge in [0, 0.05) is 13.2 Å². The maximum Gasteiger partial charge on any atom is 0.328 e. The lowest BCUT2D eigenvalue weighted by atomic mass is 10.2. The normalized spacial score (nSPS) is 10.9. The molecule has 6 heteroatoms. The molecule has 0 bridgehead atoms. The Bertz CT molecular complexity index is 459. The molecule has 1 N–H and O–H groups in total. The lowest BCUT2D eigenvalue weighted by Gasteiger charge is -2.08. The zero-order valence-corrected chi connectivity index (χ0v) is 11.2. The number of aliphatic carboxylic acids is 1. The first-order chi connectivity index (χ1) is 9.63. The van der Waals surface area contributed by atoms with E-state index >= 15 is 0 Å². The fourth-order valence-electron chi connectivity index (χ4n) is 1.36. The fourth-order valence-corrected chi connectivity index (χ4v) is 1.36. The number of halogens is 1. The summed E-state index contributed by atoms with van der Waals surface area (Å²) >= 11 is 0. The van der Waals surface area contributed by atoms with Crippen LogP contribution in [0.25, 0.3) is 6.08 Å². The number of carbonyl (C=O) groups is 1. The summed E-state index contributed by atoms with van der Waals surface area (Å²) < 4.78 is 28.8. The van der Waals surface area contributed by atoms with Crippen LogP contribution < -0.4 is 4.74 Å². The van der Waals surface area contributed by atoms with Crippen LogP contribution in [0.15, 0.2) is 24.3 Å². The van der Waals surface area contributed by atoms with Gasteiger partial charge in [-0.05, 0) is 23.8 Å². The van der Waals surface area contributed by atoms with Crippen molar-refractivity contribution in [3.05, 3.63) is 35.7 Å². The predicted octanol–water partition coefficient (Wildman–Crippen LogP) is 1.97. The maximum atomic E-state index is 13.6. The standard InChI is InChI=1S/C14H17FO5/c1-18-6-7-19-8-9-20-13-4-2-11(10-12(13)15)3-5-14(16)17/h2-5,10H,6-9H2,1H3,(H,16,17)/b5-3+. The average Bonchev–Trinajstić information content (AvgIpc) is 2.42. The highest BCUT2D eigenvalue weighted by Crippen LogP contribution is 2.19. The smallest absolute Gasteiger partial charge is 0.328 e. The van der Waals surface area contributed by atoms with Gasteiger partial charge >= 0.3 is 5.97 Å². The molecule has 0 aliphatic heterocycles. The first-order valence-electron chi connectivity index (χ1n) is 6.03. The summed E-state index contributed by atoms with van der Waals surface area (Å²) in [5.74, 6) is -1.53. The lowest BCUT2D eigenvalue weighted by molar-refractivity contribution is -0.131. The highest BCUT2D eigenvalue weighted by molar-refractivity contribution is 5.85. The highest BCUT2D eigenvalue weighted by atomic mass is 19.1. The number of methoxy groups -OCH3 is 1. The second kappa shape index (κ2) is 9.06. The predicted molar refractivity (Wildman–Crippen MR) is 71.3 cm³/mol. The maximum absolute atomic E-state index is 13.6. The largest absolute Gasteiger partial charge is 0.488 e. The third-order valence-corrected chi connectivity index (χ3v) is 2.29. The third kappa shape index (κ3) is 6.31. The molecule has 1 rings (SSSR count). The summed E-state index contributed by atoms with van der Waals surface area (Å²) in [5, 5.41) is 8.48. The highest BCUT2D eigenvalue weighted by Gasteiger charge is 2.03. The zero-order chi connectivity index (χ0) is 14.8. The molecule has 110 valence electrons. The Kier molecular flexibility index (Phi) is 7.31. The van der Waals surface area contributed by atoms with Crippen molar-refractivity contribution in [2.75, 3.05) is 33.5 Å². The van der Waals surface area contributed by atoms with Crippen LogP contribution in [0.5, 0.6) is 5.75 Å². The van der Waals surface area contributed by atoms with Crippen molar-refractivity contribution in [2.45, 2.75) is 0 Å². The fraction of sp³-hybridized carbons (Fsp3) is 0.357. The van der Waals surface area contributed by atoms with Crippen molar-refractivity contribution in [1.82, 2.24) is 0 Å². The van der Waals surface area contributed by atoms with Crippen LogP contribution in [-0.4, -0.2) is 44.6 Å². The van der Waals surface area contributed by atoms with E-state index in [0.29, 0.717) is 25.4 Å². The van der Waals surface area contributed by atoms with E-state index in [1.165, 1.54) is 18.2 Å². The number of carboxylic acid groups (broad SMARTS) is 1. The second-order valence-electron chi connectivity index (χ2n) is 3.82. The average molecular weight is 284 g/mol. The van der Waals surface area contributed by atoms with Gasteiger partial charge in [0.25, 0.3) is 0 Å². The van der Waals surface area contributed by atoms with Crippen molar-refractivity contribution in [3.63, 3.8) is 0 Å². The number of benzene rings is 1. The summed E-state index contributed by atoms with van der Waals surface area (Å²) in [5.41, 5.74) is 0.452. The van der Waals surface area contributed by atoms with E-state index in [1.54, 1.807) is 13.2 Å². The van der Waals surface area contributed by atoms with Crippen molar-refractivity contribution in [2.24, 2.45) is 0 Å². The second-order valence-corrected chi connectivity index (χ2v) is 3.82. The first kappa shape index (κ1) is 16.1. The van der Waals surface area contributed by atoms with Crippen LogP contribution in [0.2, 0.25) is 0 Å². The minimum absolute atomic E-state index is 0.104. The molecule has 0 amide bonds. The quantitative estimate of drug-likeness (QED) is 0.555. The first-order valence-corrected chi connectivity index (χ1v) is 6.03. The lowest BCUT2D eigenvalue weighted by Crippen LogP contribution is -2.10. The summed E-state index contributed by atoms with van der Waals surface area (Å²) in [6.07, 6.45) is 2.25. The van der Waals surface area contributed by atoms with Gasteiger partial charge in [-0.3, -0.25) is 0 Å². The van der Waals surface area contributed by atoms with Crippen LogP contribution >= 0.6 is 0 Å². The summed E-state index contributed by atoms with van der Waals surface area (Å²) in [7, 11) is 1.58. The number of hydrogen-bond acceptors (Lipinski definition) is 4. The Morgan fingerprint density at radius 1 is 1.30 bits per heavy atom. The molecule has 0 aliphatic carbocycles. The van der Waals surface area contributed by atoms with Gasteiger partial charge in [-0.25, -0.2) is 9.18 Å². The topological polar surface area (TPSA) is 65.0 Å². The minimum atomic E-state index is -1.08. The van der Waals surface area contributed by atoms with Crippen LogP contribution in [0, 0.1) is 5.82 Å². The summed E-state index contributed by atoms with van der Waals surface area (Å²) in [6.45, 7) is 1.52. The van der Waals surface area contributed by atoms with Crippen molar-refractivity contribution in [3.8, 4) is 5.75 Å². The molecule has 0 heterocycles. The minimum Gasteiger partial charge on any atom is -0.488 e. The Morgan fingerprint density at radius 3 is 2.70 bits per heavy atom. The van der Waals surface area contributed by atoms with Crippen molar-refractivity contribution >= 4 is 12.0 Å². The molecule has 0 unspecified atom stereocenters. The van der Waals surface area contributed by atoms with Crippen molar-refractivity contribution in [1.29, 1.82) is 0 Å². The van der Waals surface area contributed by atoms with Crippen LogP contribution in [0.1, 0.15) is 5.56 Å². The molecule has 0 saturated carbocycles. The monoisotopic (exact) mass is 284 g/mol. The summed E-state index contributed by atoms with van der Waals surface area (Å²) in [6, 6.07) is 4.23. The SMILES string of the molecule is COCCOCCOc1ccc(/C=C/C(=O)O)cc1F. The molecule has 0 atom stereocenters. The molecule has 0 saturated heterocycles. The van der Waals surface area contributed by atoms with Gasteiger partial charge in [0.05, 0.1) is 19.8 Å². The Morgan fingerprint density at radius 2 is 2.05 bits per heavy atom. The van der Waals surface area contributed by atoms with Crippen LogP contribution in [-0.2, 0) is 14.3 Å². The molecule has 0 fully saturated rings. The number of ether oxygens (including phenoxy) is 3. The van der Waals surface area contributed by atoms with Crippen LogP contribution in [0.3, 0.4) is 0 Å². The zero-order valence-electron chi connectivity index (χ0n) is 11.2. The van der Waals surface area contributed by atoms with Crippen LogP contribution in [0.4, 0.5) is 4.39 Å². The molecule has 20 heavy (non-hydrogen) atoms. The van der Waals surface area contributed by atoms with E-state index in [0.717, 1.165) is 6.08 Å². The van der Waals surface area contributed by atoms with Gasteiger partial charge in [-0.15, -0.1) is 0 Å². The molecular formula is C14H17FO5. The Labute approximate surface area is 116 Å². The Hall–Kier alpha value is -1.92. The van der Waals surface area contributed by atoms with Gasteiger partial charge in [0.2, 0.25) is 0 Å². The molecule has 0 spiro atoms. The molecule has 1 aromatic rings. The van der Waals surface area contributed by atoms with E-state index < -0.39 is 11.8 Å². The van der Waals surface area contributed by atoms with Gasteiger partial charge in [-0.2, -0.15) is 0 Å². The number of hydrogen-bond donors (Lipinski definition) is 1. The molecule has 1 aromatic carbocycles. The number of carboxylic acids is 1. The van der Waals surface area contributed by atoms with E-state index in [-0.39, 0.29) is 12.4 Å². The molecule has 5 nitrogen and oxygen atoms in total. The van der Waals surface area contributed by atoms with Crippen molar-refractivity contribution < 1.29 is 28.5 Å². The van der Waals surface area contributed by atoms with E-state index in [2.05, 4.69) is 0 Å². The van der Waals surface area contributed by atoms with Gasteiger partial charge in [0.15, 0.2) is 11.6 Å². The molecule has 0 aliphatic rings. The van der Waals surface area contributed by atoms with E-state index in [1.807, 2.05) is 0 Å². The Balaban J connectivity index is 2.42. The molecule has 0 radical (unpaired) electrons. The molecule has 0 aromatic heterocycles. The van der Waals surface area contributed by atoms with Gasteiger partial charge in [-0.1, -0.05) is 6.07 Å². The summed E-state index contributed by atoms with van der Waals surface area (Å²) in [4.78, 5) is 10.3. The third-order valence-electron chi connectivity index (χ3n) is 2.29.